The van der Waals surface area contributed by atoms with Gasteiger partial charge < -0.3 is 4.74 Å². The van der Waals surface area contributed by atoms with Crippen molar-refractivity contribution in [3.63, 3.8) is 0 Å². The van der Waals surface area contributed by atoms with E-state index in [1.165, 1.54) is 18.2 Å². The second-order valence-corrected chi connectivity index (χ2v) is 2.99. The summed E-state index contributed by atoms with van der Waals surface area (Å²) in [4.78, 5) is 11.2. The van der Waals surface area contributed by atoms with Crippen molar-refractivity contribution in [1.82, 2.24) is 0 Å². The number of carbonyl (C=O) groups is 1. The van der Waals surface area contributed by atoms with E-state index in [1.807, 2.05) is 0 Å². The van der Waals surface area contributed by atoms with Crippen molar-refractivity contribution in [1.29, 1.82) is 0 Å². The predicted octanol–water partition coefficient (Wildman–Crippen LogP) is 2.87. The van der Waals surface area contributed by atoms with Gasteiger partial charge in [-0.05, 0) is 12.1 Å². The van der Waals surface area contributed by atoms with Gasteiger partial charge in [-0.1, -0.05) is 28.1 Å². The molecular formula is C9H7BrF2O2. The molecule has 0 aromatic heterocycles. The van der Waals surface area contributed by atoms with E-state index in [-0.39, 0.29) is 22.4 Å². The van der Waals surface area contributed by atoms with Crippen LogP contribution in [0.1, 0.15) is 10.4 Å². The zero-order valence-corrected chi connectivity index (χ0v) is 8.63. The summed E-state index contributed by atoms with van der Waals surface area (Å²) in [5, 5.41) is 0.0800. The zero-order valence-electron chi connectivity index (χ0n) is 7.04. The molecule has 14 heavy (non-hydrogen) atoms. The van der Waals surface area contributed by atoms with Crippen molar-refractivity contribution in [2.24, 2.45) is 0 Å². The van der Waals surface area contributed by atoms with Crippen LogP contribution in [0.3, 0.4) is 0 Å². The highest BCUT2D eigenvalue weighted by Crippen LogP contribution is 2.21. The third kappa shape index (κ3) is 2.77. The Morgan fingerprint density at radius 2 is 2.07 bits per heavy atom. The standard InChI is InChI=1S/C9H7BrF2O2/c10-5-7(13)6-3-1-2-4-8(6)14-9(11)12/h1-4,9H,5H2. The highest BCUT2D eigenvalue weighted by molar-refractivity contribution is 9.09. The normalized spacial score (nSPS) is 10.3. The van der Waals surface area contributed by atoms with Gasteiger partial charge in [-0.25, -0.2) is 0 Å². The van der Waals surface area contributed by atoms with Crippen LogP contribution in [-0.4, -0.2) is 17.7 Å². The molecule has 0 radical (unpaired) electrons. The molecule has 0 atom stereocenters. The maximum absolute atomic E-state index is 11.9. The Morgan fingerprint density at radius 1 is 1.43 bits per heavy atom. The van der Waals surface area contributed by atoms with Gasteiger partial charge in [0.25, 0.3) is 0 Å². The minimum Gasteiger partial charge on any atom is -0.434 e. The number of halogens is 3. The Labute approximate surface area is 88.0 Å². The molecule has 0 aliphatic rings. The lowest BCUT2D eigenvalue weighted by Crippen LogP contribution is -2.08. The van der Waals surface area contributed by atoms with Crippen molar-refractivity contribution >= 4 is 21.7 Å². The smallest absolute Gasteiger partial charge is 0.387 e. The SMILES string of the molecule is O=C(CBr)c1ccccc1OC(F)F. The van der Waals surface area contributed by atoms with Crippen molar-refractivity contribution in [3.05, 3.63) is 29.8 Å². The summed E-state index contributed by atoms with van der Waals surface area (Å²) in [5.41, 5.74) is 0.157. The first-order valence-corrected chi connectivity index (χ1v) is 4.90. The number of alkyl halides is 3. The molecule has 0 aliphatic heterocycles. The summed E-state index contributed by atoms with van der Waals surface area (Å²) in [5.74, 6) is -0.381. The molecule has 1 aromatic rings. The zero-order chi connectivity index (χ0) is 10.6. The Balaban J connectivity index is 2.97. The van der Waals surface area contributed by atoms with Crippen molar-refractivity contribution in [2.45, 2.75) is 6.61 Å². The summed E-state index contributed by atoms with van der Waals surface area (Å²) < 4.78 is 28.0. The van der Waals surface area contributed by atoms with Crippen molar-refractivity contribution < 1.29 is 18.3 Å². The molecule has 0 saturated carbocycles. The fourth-order valence-corrected chi connectivity index (χ4v) is 1.27. The molecule has 0 saturated heterocycles. The molecule has 0 unspecified atom stereocenters. The lowest BCUT2D eigenvalue weighted by atomic mass is 10.1. The second-order valence-electron chi connectivity index (χ2n) is 2.43. The number of ketones is 1. The third-order valence-corrected chi connectivity index (χ3v) is 2.03. The average Bonchev–Trinajstić information content (AvgIpc) is 2.16. The van der Waals surface area contributed by atoms with E-state index in [0.717, 1.165) is 0 Å². The molecule has 0 amide bonds. The van der Waals surface area contributed by atoms with Gasteiger partial charge in [-0.3, -0.25) is 4.79 Å². The monoisotopic (exact) mass is 264 g/mol. The minimum absolute atomic E-state index is 0.0800. The maximum atomic E-state index is 11.9. The van der Waals surface area contributed by atoms with Crippen LogP contribution in [0.4, 0.5) is 8.78 Å². The van der Waals surface area contributed by atoms with Crippen LogP contribution in [-0.2, 0) is 0 Å². The lowest BCUT2D eigenvalue weighted by molar-refractivity contribution is -0.0501. The Hall–Kier alpha value is -0.970. The number of hydrogen-bond acceptors (Lipinski definition) is 2. The molecule has 1 rings (SSSR count). The van der Waals surface area contributed by atoms with Gasteiger partial charge in [-0.2, -0.15) is 8.78 Å². The van der Waals surface area contributed by atoms with Gasteiger partial charge in [-0.15, -0.1) is 0 Å². The summed E-state index contributed by atoms with van der Waals surface area (Å²) in [6.07, 6.45) is 0. The number of Topliss-reactive ketones (excluding diaryl/α,β-unsaturated/α-hetero) is 1. The Kier molecular flexibility index (Phi) is 4.00. The highest BCUT2D eigenvalue weighted by atomic mass is 79.9. The highest BCUT2D eigenvalue weighted by Gasteiger charge is 2.13. The summed E-state index contributed by atoms with van der Waals surface area (Å²) in [7, 11) is 0. The van der Waals surface area contributed by atoms with Gasteiger partial charge in [0, 0.05) is 0 Å². The molecule has 0 heterocycles. The van der Waals surface area contributed by atoms with Crippen LogP contribution in [0, 0.1) is 0 Å². The van der Waals surface area contributed by atoms with Crippen LogP contribution in [0.15, 0.2) is 24.3 Å². The van der Waals surface area contributed by atoms with Crippen LogP contribution >= 0.6 is 15.9 Å². The van der Waals surface area contributed by atoms with E-state index in [0.29, 0.717) is 0 Å². The fraction of sp³-hybridized carbons (Fsp3) is 0.222. The summed E-state index contributed by atoms with van der Waals surface area (Å²) in [6.45, 7) is -2.92. The molecule has 0 fully saturated rings. The van der Waals surface area contributed by atoms with Gasteiger partial charge in [0.15, 0.2) is 5.78 Å². The number of carbonyl (C=O) groups excluding carboxylic acids is 1. The Morgan fingerprint density at radius 3 is 2.64 bits per heavy atom. The molecule has 5 heteroatoms. The third-order valence-electron chi connectivity index (χ3n) is 1.52. The molecule has 2 nitrogen and oxygen atoms in total. The average molecular weight is 265 g/mol. The van der Waals surface area contributed by atoms with E-state index in [9.17, 15) is 13.6 Å². The summed E-state index contributed by atoms with van der Waals surface area (Å²) in [6, 6.07) is 5.90. The molecule has 0 aliphatic carbocycles. The largest absolute Gasteiger partial charge is 0.434 e. The van der Waals surface area contributed by atoms with Crippen LogP contribution in [0.5, 0.6) is 5.75 Å². The quantitative estimate of drug-likeness (QED) is 0.618. The summed E-state index contributed by atoms with van der Waals surface area (Å²) >= 11 is 2.96. The van der Waals surface area contributed by atoms with Crippen LogP contribution in [0.2, 0.25) is 0 Å². The topological polar surface area (TPSA) is 26.3 Å². The van der Waals surface area contributed by atoms with Gasteiger partial charge in [0.05, 0.1) is 10.9 Å². The maximum Gasteiger partial charge on any atom is 0.387 e. The van der Waals surface area contributed by atoms with Crippen LogP contribution in [0.25, 0.3) is 0 Å². The van der Waals surface area contributed by atoms with Crippen molar-refractivity contribution in [3.8, 4) is 5.75 Å². The predicted molar refractivity (Wildman–Crippen MR) is 51.2 cm³/mol. The Bertz CT molecular complexity index is 328. The van der Waals surface area contributed by atoms with Gasteiger partial charge in [0.1, 0.15) is 5.75 Å². The lowest BCUT2D eigenvalue weighted by Gasteiger charge is -2.07. The van der Waals surface area contributed by atoms with Gasteiger partial charge in [0.2, 0.25) is 0 Å². The number of benzene rings is 1. The van der Waals surface area contributed by atoms with Gasteiger partial charge >= 0.3 is 6.61 Å². The molecule has 76 valence electrons. The first kappa shape index (κ1) is 11.1. The second kappa shape index (κ2) is 5.05. The minimum atomic E-state index is -2.92. The molecule has 1 aromatic carbocycles. The first-order valence-electron chi connectivity index (χ1n) is 3.78. The molecule has 0 bridgehead atoms. The van der Waals surface area contributed by atoms with E-state index < -0.39 is 6.61 Å². The molecule has 0 spiro atoms. The number of hydrogen-bond donors (Lipinski definition) is 0. The van der Waals surface area contributed by atoms with Crippen LogP contribution < -0.4 is 4.74 Å². The first-order chi connectivity index (χ1) is 6.65. The van der Waals surface area contributed by atoms with E-state index >= 15 is 0 Å². The molecule has 0 N–H and O–H groups in total. The van der Waals surface area contributed by atoms with E-state index in [4.69, 9.17) is 0 Å². The van der Waals surface area contributed by atoms with Crippen molar-refractivity contribution in [2.75, 3.05) is 5.33 Å². The number of rotatable bonds is 4. The number of para-hydroxylation sites is 1. The van der Waals surface area contributed by atoms with E-state index in [1.54, 1.807) is 6.07 Å². The molecular weight excluding hydrogens is 258 g/mol. The van der Waals surface area contributed by atoms with E-state index in [2.05, 4.69) is 20.7 Å². The number of ether oxygens (including phenoxy) is 1. The fourth-order valence-electron chi connectivity index (χ4n) is 0.968.